The molecule has 1 aliphatic rings. The van der Waals surface area contributed by atoms with Gasteiger partial charge in [0.1, 0.15) is 0 Å². The number of aryl methyl sites for hydroxylation is 1. The molecule has 0 bridgehead atoms. The summed E-state index contributed by atoms with van der Waals surface area (Å²) in [5.41, 5.74) is 12.3. The Hall–Kier alpha value is -3.77. The van der Waals surface area contributed by atoms with E-state index in [2.05, 4.69) is 23.3 Å². The summed E-state index contributed by atoms with van der Waals surface area (Å²) in [5, 5.41) is 3.05. The average molecular weight is 440 g/mol. The van der Waals surface area contributed by atoms with Crippen LogP contribution < -0.4 is 11.1 Å². The number of aliphatic imine (C=N–C) groups is 1. The van der Waals surface area contributed by atoms with E-state index in [4.69, 9.17) is 10.7 Å². The van der Waals surface area contributed by atoms with Crippen molar-refractivity contribution in [3.8, 4) is 0 Å². The number of fused-ring (bicyclic) bond motifs is 1. The van der Waals surface area contributed by atoms with Crippen molar-refractivity contribution in [2.75, 3.05) is 18.9 Å². The summed E-state index contributed by atoms with van der Waals surface area (Å²) in [4.78, 5) is 24.7. The second-order valence-electron chi connectivity index (χ2n) is 8.12. The normalized spacial score (nSPS) is 16.1. The third-order valence-corrected chi connectivity index (χ3v) is 5.73. The van der Waals surface area contributed by atoms with Gasteiger partial charge >= 0.3 is 0 Å². The van der Waals surface area contributed by atoms with Crippen LogP contribution in [-0.4, -0.2) is 41.3 Å². The molecule has 0 aliphatic carbocycles. The molecule has 2 aromatic carbocycles. The van der Waals surface area contributed by atoms with Crippen molar-refractivity contribution in [1.29, 1.82) is 0 Å². The monoisotopic (exact) mass is 439 g/mol. The maximum atomic E-state index is 13.2. The highest BCUT2D eigenvalue weighted by atomic mass is 16.2. The Morgan fingerprint density at radius 3 is 2.61 bits per heavy atom. The minimum atomic E-state index is -0.721. The molecule has 6 heteroatoms. The Morgan fingerprint density at radius 2 is 1.85 bits per heavy atom. The summed E-state index contributed by atoms with van der Waals surface area (Å²) < 4.78 is 0. The van der Waals surface area contributed by atoms with Gasteiger partial charge < -0.3 is 11.1 Å². The molecule has 1 amide bonds. The molecule has 3 N–H and O–H groups in total. The Kier molecular flexibility index (Phi) is 6.95. The SMILES string of the molecule is CCCc1cccnc1C(=CN)CN(C)C1N=C(c2ccccc2)c2ccccc2NC1=O. The highest BCUT2D eigenvalue weighted by Crippen LogP contribution is 2.26. The molecule has 0 spiro atoms. The standard InChI is InChI=1S/C27H29N5O/c1-3-10-19-13-9-16-29-24(19)21(17-28)18-32(2)26-27(33)30-23-15-8-7-14-22(23)25(31-26)20-11-5-4-6-12-20/h4-9,11-17,26H,3,10,18,28H2,1-2H3,(H,30,33). The smallest absolute Gasteiger partial charge is 0.264 e. The molecule has 1 aliphatic heterocycles. The molecular formula is C27H29N5O. The summed E-state index contributed by atoms with van der Waals surface area (Å²) in [6.07, 6.45) is 4.57. The minimum Gasteiger partial charge on any atom is -0.404 e. The van der Waals surface area contributed by atoms with Gasteiger partial charge in [0.05, 0.1) is 17.1 Å². The number of nitrogens with one attached hydrogen (secondary N) is 1. The van der Waals surface area contributed by atoms with Crippen LogP contribution >= 0.6 is 0 Å². The lowest BCUT2D eigenvalue weighted by atomic mass is 10.0. The molecule has 1 aromatic heterocycles. The number of carbonyl (C=O) groups excluding carboxylic acids is 1. The van der Waals surface area contributed by atoms with E-state index < -0.39 is 6.17 Å². The van der Waals surface area contributed by atoms with Crippen LogP contribution in [0.5, 0.6) is 0 Å². The molecule has 0 radical (unpaired) electrons. The first kappa shape index (κ1) is 22.4. The predicted octanol–water partition coefficient (Wildman–Crippen LogP) is 4.08. The molecule has 0 fully saturated rings. The van der Waals surface area contributed by atoms with E-state index in [1.54, 1.807) is 12.4 Å². The number of amides is 1. The Balaban J connectivity index is 1.70. The van der Waals surface area contributed by atoms with Gasteiger partial charge in [-0.25, -0.2) is 0 Å². The van der Waals surface area contributed by atoms with Gasteiger partial charge in [-0.15, -0.1) is 0 Å². The van der Waals surface area contributed by atoms with Gasteiger partial charge in [0, 0.05) is 35.6 Å². The van der Waals surface area contributed by atoms with Crippen LogP contribution in [0.15, 0.2) is 84.1 Å². The molecule has 4 rings (SSSR count). The van der Waals surface area contributed by atoms with Crippen molar-refractivity contribution in [1.82, 2.24) is 9.88 Å². The number of benzodiazepines with no additional fused rings is 1. The predicted molar refractivity (Wildman–Crippen MR) is 134 cm³/mol. The van der Waals surface area contributed by atoms with E-state index in [9.17, 15) is 4.79 Å². The number of aromatic nitrogens is 1. The van der Waals surface area contributed by atoms with Crippen LogP contribution in [-0.2, 0) is 11.2 Å². The van der Waals surface area contributed by atoms with Gasteiger partial charge in [0.15, 0.2) is 6.17 Å². The minimum absolute atomic E-state index is 0.179. The summed E-state index contributed by atoms with van der Waals surface area (Å²) in [5.74, 6) is -0.179. The molecular weight excluding hydrogens is 410 g/mol. The molecule has 6 nitrogen and oxygen atoms in total. The van der Waals surface area contributed by atoms with Crippen molar-refractivity contribution in [3.63, 3.8) is 0 Å². The third-order valence-electron chi connectivity index (χ3n) is 5.73. The van der Waals surface area contributed by atoms with Crippen LogP contribution in [0, 0.1) is 0 Å². The molecule has 33 heavy (non-hydrogen) atoms. The number of pyridine rings is 1. The topological polar surface area (TPSA) is 83.6 Å². The van der Waals surface area contributed by atoms with E-state index in [1.165, 1.54) is 0 Å². The van der Waals surface area contributed by atoms with Crippen LogP contribution in [0.3, 0.4) is 0 Å². The van der Waals surface area contributed by atoms with Crippen LogP contribution in [0.25, 0.3) is 5.57 Å². The number of anilines is 1. The van der Waals surface area contributed by atoms with Gasteiger partial charge in [-0.2, -0.15) is 0 Å². The van der Waals surface area contributed by atoms with Crippen LogP contribution in [0.2, 0.25) is 0 Å². The number of para-hydroxylation sites is 1. The fourth-order valence-electron chi connectivity index (χ4n) is 4.13. The van der Waals surface area contributed by atoms with Crippen LogP contribution in [0.1, 0.15) is 35.7 Å². The zero-order valence-electron chi connectivity index (χ0n) is 19.0. The number of hydrogen-bond donors (Lipinski definition) is 2. The molecule has 2 heterocycles. The van der Waals surface area contributed by atoms with Crippen molar-refractivity contribution in [2.45, 2.75) is 25.9 Å². The number of hydrogen-bond acceptors (Lipinski definition) is 5. The van der Waals surface area contributed by atoms with E-state index in [1.807, 2.05) is 72.6 Å². The average Bonchev–Trinajstić information content (AvgIpc) is 2.99. The van der Waals surface area contributed by atoms with Crippen molar-refractivity contribution < 1.29 is 4.79 Å². The first-order chi connectivity index (χ1) is 16.1. The first-order valence-electron chi connectivity index (χ1n) is 11.2. The highest BCUT2D eigenvalue weighted by molar-refractivity contribution is 6.19. The zero-order valence-corrected chi connectivity index (χ0v) is 19.0. The fraction of sp³-hybridized carbons (Fsp3) is 0.222. The molecule has 0 saturated heterocycles. The van der Waals surface area contributed by atoms with E-state index in [0.29, 0.717) is 6.54 Å². The van der Waals surface area contributed by atoms with Gasteiger partial charge in [-0.05, 0) is 31.2 Å². The van der Waals surface area contributed by atoms with E-state index >= 15 is 0 Å². The molecule has 1 atom stereocenters. The van der Waals surface area contributed by atoms with Gasteiger partial charge in [-0.1, -0.05) is 67.9 Å². The van der Waals surface area contributed by atoms with Gasteiger partial charge in [0.25, 0.3) is 5.91 Å². The van der Waals surface area contributed by atoms with Gasteiger partial charge in [-0.3, -0.25) is 19.7 Å². The van der Waals surface area contributed by atoms with Crippen LogP contribution in [0.4, 0.5) is 5.69 Å². The van der Waals surface area contributed by atoms with Crippen molar-refractivity contribution in [3.05, 3.63) is 102 Å². The molecule has 3 aromatic rings. The van der Waals surface area contributed by atoms with Crippen molar-refractivity contribution in [2.24, 2.45) is 10.7 Å². The Bertz CT molecular complexity index is 1190. The number of nitrogens with zero attached hydrogens (tertiary/aromatic N) is 3. The maximum absolute atomic E-state index is 13.2. The first-order valence-corrected chi connectivity index (χ1v) is 11.2. The number of nitrogens with two attached hydrogens (primary N) is 1. The maximum Gasteiger partial charge on any atom is 0.264 e. The second-order valence-corrected chi connectivity index (χ2v) is 8.12. The summed E-state index contributed by atoms with van der Waals surface area (Å²) in [6, 6.07) is 21.7. The fourth-order valence-corrected chi connectivity index (χ4v) is 4.13. The Labute approximate surface area is 194 Å². The zero-order chi connectivity index (χ0) is 23.2. The van der Waals surface area contributed by atoms with Gasteiger partial charge in [0.2, 0.25) is 0 Å². The summed E-state index contributed by atoms with van der Waals surface area (Å²) in [7, 11) is 1.89. The lowest BCUT2D eigenvalue weighted by molar-refractivity contribution is -0.120. The Morgan fingerprint density at radius 1 is 1.09 bits per heavy atom. The number of rotatable bonds is 7. The third kappa shape index (κ3) is 4.86. The second kappa shape index (κ2) is 10.2. The number of likely N-dealkylation sites (N-methyl/N-ethyl adjacent to an activating group) is 1. The van der Waals surface area contributed by atoms with E-state index in [-0.39, 0.29) is 5.91 Å². The number of carbonyl (C=O) groups is 1. The number of benzene rings is 2. The lowest BCUT2D eigenvalue weighted by Crippen LogP contribution is -2.41. The lowest BCUT2D eigenvalue weighted by Gasteiger charge is -2.25. The highest BCUT2D eigenvalue weighted by Gasteiger charge is 2.29. The molecule has 0 saturated carbocycles. The molecule has 168 valence electrons. The largest absolute Gasteiger partial charge is 0.404 e. The van der Waals surface area contributed by atoms with E-state index in [0.717, 1.165) is 52.2 Å². The molecule has 1 unspecified atom stereocenters. The quantitative estimate of drug-likeness (QED) is 0.581. The van der Waals surface area contributed by atoms with Crippen molar-refractivity contribution >= 4 is 22.9 Å². The summed E-state index contributed by atoms with van der Waals surface area (Å²) >= 11 is 0. The summed E-state index contributed by atoms with van der Waals surface area (Å²) in [6.45, 7) is 2.58.